The highest BCUT2D eigenvalue weighted by Gasteiger charge is 2.21. The van der Waals surface area contributed by atoms with Gasteiger partial charge in [-0.1, -0.05) is 84.0 Å². The molecule has 0 fully saturated rings. The topological polar surface area (TPSA) is 101 Å². The van der Waals surface area contributed by atoms with Gasteiger partial charge in [-0.2, -0.15) is 0 Å². The molecule has 0 aliphatic heterocycles. The molecule has 194 valence electrons. The molecule has 0 aromatic carbocycles. The normalized spacial score (nSPS) is 12.9. The second-order valence-electron chi connectivity index (χ2n) is 9.53. The third kappa shape index (κ3) is 20.7. The number of rotatable bonds is 24. The molecular formula is C27H50O6. The van der Waals surface area contributed by atoms with Gasteiger partial charge in [-0.3, -0.25) is 14.4 Å². The Morgan fingerprint density at radius 2 is 0.970 bits per heavy atom. The van der Waals surface area contributed by atoms with E-state index < -0.39 is 11.9 Å². The first kappa shape index (κ1) is 31.4. The molecule has 0 radical (unpaired) electrons. The summed E-state index contributed by atoms with van der Waals surface area (Å²) in [6, 6.07) is 0. The zero-order chi connectivity index (χ0) is 24.7. The Balaban J connectivity index is 4.65. The first-order valence-corrected chi connectivity index (χ1v) is 13.4. The summed E-state index contributed by atoms with van der Waals surface area (Å²) in [5, 5.41) is 18.1. The lowest BCUT2D eigenvalue weighted by molar-refractivity contribution is -0.141. The van der Waals surface area contributed by atoms with Crippen LogP contribution in [0.2, 0.25) is 0 Å². The Kier molecular flexibility index (Phi) is 21.1. The van der Waals surface area contributed by atoms with Crippen molar-refractivity contribution in [2.45, 2.75) is 135 Å². The van der Waals surface area contributed by atoms with Crippen molar-refractivity contribution >= 4 is 17.9 Å². The van der Waals surface area contributed by atoms with E-state index in [9.17, 15) is 14.4 Å². The number of carbonyl (C=O) groups is 3. The number of unbranched alkanes of at least 4 members (excludes halogenated alkanes) is 9. The van der Waals surface area contributed by atoms with Crippen LogP contribution in [0, 0.1) is 11.8 Å². The summed E-state index contributed by atoms with van der Waals surface area (Å²) in [5.41, 5.74) is 0. The highest BCUT2D eigenvalue weighted by molar-refractivity contribution is 5.69. The van der Waals surface area contributed by atoms with E-state index in [-0.39, 0.29) is 18.8 Å². The lowest BCUT2D eigenvalue weighted by Gasteiger charge is -2.28. The van der Waals surface area contributed by atoms with Crippen LogP contribution in [-0.4, -0.2) is 35.2 Å². The van der Waals surface area contributed by atoms with Crippen molar-refractivity contribution in [1.29, 1.82) is 0 Å². The van der Waals surface area contributed by atoms with Gasteiger partial charge in [0.25, 0.3) is 0 Å². The minimum atomic E-state index is -0.738. The lowest BCUT2D eigenvalue weighted by atomic mass is 9.78. The minimum absolute atomic E-state index is 0.146. The average Bonchev–Trinajstić information content (AvgIpc) is 2.77. The van der Waals surface area contributed by atoms with E-state index in [1.165, 1.54) is 45.6 Å². The molecule has 2 N–H and O–H groups in total. The molecule has 0 aromatic heterocycles. The molecule has 2 atom stereocenters. The van der Waals surface area contributed by atoms with Crippen molar-refractivity contribution in [1.82, 2.24) is 0 Å². The van der Waals surface area contributed by atoms with Crippen molar-refractivity contribution in [2.75, 3.05) is 7.11 Å². The fourth-order valence-electron chi connectivity index (χ4n) is 4.76. The Labute approximate surface area is 201 Å². The van der Waals surface area contributed by atoms with E-state index in [4.69, 9.17) is 10.2 Å². The molecule has 0 saturated heterocycles. The van der Waals surface area contributed by atoms with Crippen molar-refractivity contribution < 1.29 is 29.3 Å². The fraction of sp³-hybridized carbons (Fsp3) is 0.889. The zero-order valence-electron chi connectivity index (χ0n) is 21.3. The van der Waals surface area contributed by atoms with Gasteiger partial charge in [0.1, 0.15) is 0 Å². The predicted molar refractivity (Wildman–Crippen MR) is 132 cm³/mol. The van der Waals surface area contributed by atoms with Crippen LogP contribution in [0.5, 0.6) is 0 Å². The maximum absolute atomic E-state index is 11.2. The summed E-state index contributed by atoms with van der Waals surface area (Å²) in [5.74, 6) is -0.653. The number of ether oxygens (including phenoxy) is 1. The molecule has 2 unspecified atom stereocenters. The van der Waals surface area contributed by atoms with Crippen LogP contribution in [0.1, 0.15) is 135 Å². The second kappa shape index (κ2) is 22.2. The van der Waals surface area contributed by atoms with Gasteiger partial charge in [0.05, 0.1) is 7.11 Å². The van der Waals surface area contributed by atoms with Crippen LogP contribution in [0.15, 0.2) is 0 Å². The van der Waals surface area contributed by atoms with Crippen LogP contribution in [-0.2, 0) is 19.1 Å². The van der Waals surface area contributed by atoms with Crippen LogP contribution in [0.4, 0.5) is 0 Å². The molecule has 6 nitrogen and oxygen atoms in total. The quantitative estimate of drug-likeness (QED) is 0.113. The lowest BCUT2D eigenvalue weighted by Crippen LogP contribution is -2.17. The van der Waals surface area contributed by atoms with Crippen LogP contribution >= 0.6 is 0 Å². The van der Waals surface area contributed by atoms with Gasteiger partial charge in [0, 0.05) is 19.3 Å². The Morgan fingerprint density at radius 3 is 1.39 bits per heavy atom. The zero-order valence-corrected chi connectivity index (χ0v) is 21.3. The van der Waals surface area contributed by atoms with E-state index in [0.29, 0.717) is 31.1 Å². The molecule has 0 aromatic rings. The molecule has 0 bridgehead atoms. The Hall–Kier alpha value is -1.59. The number of hydrogen-bond donors (Lipinski definition) is 2. The average molecular weight is 471 g/mol. The van der Waals surface area contributed by atoms with Gasteiger partial charge in [-0.15, -0.1) is 0 Å². The maximum Gasteiger partial charge on any atom is 0.305 e. The second-order valence-corrected chi connectivity index (χ2v) is 9.53. The van der Waals surface area contributed by atoms with Gasteiger partial charge in [0.15, 0.2) is 0 Å². The standard InChI is InChI=1S/C27H50O6/c1-3-4-5-6-8-11-16-23(18-14-20-25(28)29)24(19-15-21-26(30)31)17-12-9-7-10-13-22-27(32)33-2/h23-24H,3-22H2,1-2H3,(H,28,29)(H,30,31). The summed E-state index contributed by atoms with van der Waals surface area (Å²) < 4.78 is 4.68. The third-order valence-electron chi connectivity index (χ3n) is 6.71. The van der Waals surface area contributed by atoms with Gasteiger partial charge >= 0.3 is 17.9 Å². The molecule has 0 spiro atoms. The highest BCUT2D eigenvalue weighted by atomic mass is 16.5. The highest BCUT2D eigenvalue weighted by Crippen LogP contribution is 2.33. The molecule has 6 heteroatoms. The van der Waals surface area contributed by atoms with Crippen LogP contribution in [0.3, 0.4) is 0 Å². The smallest absolute Gasteiger partial charge is 0.305 e. The van der Waals surface area contributed by atoms with Gasteiger partial charge in [-0.25, -0.2) is 0 Å². The molecule has 33 heavy (non-hydrogen) atoms. The summed E-state index contributed by atoms with van der Waals surface area (Å²) in [6.07, 6.45) is 19.1. The number of carboxylic acids is 2. The summed E-state index contributed by atoms with van der Waals surface area (Å²) >= 11 is 0. The van der Waals surface area contributed by atoms with Gasteiger partial charge in [-0.05, 0) is 43.9 Å². The fourth-order valence-corrected chi connectivity index (χ4v) is 4.76. The van der Waals surface area contributed by atoms with Crippen LogP contribution < -0.4 is 0 Å². The van der Waals surface area contributed by atoms with Crippen molar-refractivity contribution in [3.63, 3.8) is 0 Å². The van der Waals surface area contributed by atoms with E-state index in [2.05, 4.69) is 11.7 Å². The number of carboxylic acid groups (broad SMARTS) is 2. The molecule has 0 rings (SSSR count). The number of hydrogen-bond acceptors (Lipinski definition) is 4. The number of methoxy groups -OCH3 is 1. The molecule has 0 amide bonds. The van der Waals surface area contributed by atoms with E-state index in [0.717, 1.165) is 57.8 Å². The summed E-state index contributed by atoms with van der Waals surface area (Å²) in [6.45, 7) is 2.22. The van der Waals surface area contributed by atoms with E-state index in [1.54, 1.807) is 0 Å². The Morgan fingerprint density at radius 1 is 0.576 bits per heavy atom. The number of aliphatic carboxylic acids is 2. The monoisotopic (exact) mass is 470 g/mol. The first-order valence-electron chi connectivity index (χ1n) is 13.4. The predicted octanol–water partition coefficient (Wildman–Crippen LogP) is 7.38. The molecular weight excluding hydrogens is 420 g/mol. The maximum atomic E-state index is 11.2. The largest absolute Gasteiger partial charge is 0.481 e. The van der Waals surface area contributed by atoms with Crippen molar-refractivity contribution in [3.8, 4) is 0 Å². The SMILES string of the molecule is CCCCCCCCC(CCCC(=O)O)C(CCCCCCCC(=O)OC)CCCC(=O)O. The van der Waals surface area contributed by atoms with Gasteiger partial charge in [0.2, 0.25) is 0 Å². The summed E-state index contributed by atoms with van der Waals surface area (Å²) in [7, 11) is 1.42. The minimum Gasteiger partial charge on any atom is -0.481 e. The van der Waals surface area contributed by atoms with Crippen molar-refractivity contribution in [2.24, 2.45) is 11.8 Å². The third-order valence-corrected chi connectivity index (χ3v) is 6.71. The number of carbonyl (C=O) groups excluding carboxylic acids is 1. The van der Waals surface area contributed by atoms with Crippen molar-refractivity contribution in [3.05, 3.63) is 0 Å². The summed E-state index contributed by atoms with van der Waals surface area (Å²) in [4.78, 5) is 33.3. The molecule has 0 saturated carbocycles. The molecule has 0 aliphatic carbocycles. The Bertz CT molecular complexity index is 505. The number of esters is 1. The first-order chi connectivity index (χ1) is 15.9. The van der Waals surface area contributed by atoms with E-state index >= 15 is 0 Å². The van der Waals surface area contributed by atoms with E-state index in [1.807, 2.05) is 0 Å². The molecule has 0 aliphatic rings. The van der Waals surface area contributed by atoms with Crippen LogP contribution in [0.25, 0.3) is 0 Å². The molecule has 0 heterocycles. The van der Waals surface area contributed by atoms with Gasteiger partial charge < -0.3 is 14.9 Å².